The molecule has 0 unspecified atom stereocenters. The van der Waals surface area contributed by atoms with Crippen LogP contribution in [0.15, 0.2) is 0 Å². The van der Waals surface area contributed by atoms with E-state index in [-0.39, 0.29) is 11.6 Å². The summed E-state index contributed by atoms with van der Waals surface area (Å²) in [5.74, 6) is 0. The normalized spacial score (nSPS) is 24.1. The van der Waals surface area contributed by atoms with Gasteiger partial charge in [-0.15, -0.1) is 0 Å². The molecule has 2 aliphatic heterocycles. The Bertz CT molecular complexity index is 319. The standard InChI is InChI=1S/C14H26N2O3/c1-13(2,3)19-12(17)16-8-4-14(15-7-9-16)5-10-18-11-6-14/h15H,4-11H2,1-3H3. The number of ether oxygens (including phenoxy) is 2. The van der Waals surface area contributed by atoms with Crippen molar-refractivity contribution < 1.29 is 14.3 Å². The van der Waals surface area contributed by atoms with E-state index < -0.39 is 5.60 Å². The third kappa shape index (κ3) is 4.08. The molecule has 0 radical (unpaired) electrons. The Balaban J connectivity index is 1.91. The van der Waals surface area contributed by atoms with Crippen LogP contribution in [-0.2, 0) is 9.47 Å². The highest BCUT2D eigenvalue weighted by Crippen LogP contribution is 2.26. The molecule has 2 saturated heterocycles. The topological polar surface area (TPSA) is 50.8 Å². The molecule has 0 aromatic carbocycles. The van der Waals surface area contributed by atoms with Gasteiger partial charge < -0.3 is 19.7 Å². The Morgan fingerprint density at radius 2 is 1.89 bits per heavy atom. The Morgan fingerprint density at radius 3 is 2.53 bits per heavy atom. The van der Waals surface area contributed by atoms with Crippen molar-refractivity contribution in [1.29, 1.82) is 0 Å². The summed E-state index contributed by atoms with van der Waals surface area (Å²) in [5, 5.41) is 3.62. The number of nitrogens with one attached hydrogen (secondary N) is 1. The lowest BCUT2D eigenvalue weighted by Crippen LogP contribution is -2.49. The molecule has 0 aromatic heterocycles. The van der Waals surface area contributed by atoms with Gasteiger partial charge in [-0.2, -0.15) is 0 Å². The van der Waals surface area contributed by atoms with E-state index in [0.717, 1.165) is 52.1 Å². The molecule has 19 heavy (non-hydrogen) atoms. The Morgan fingerprint density at radius 1 is 1.21 bits per heavy atom. The summed E-state index contributed by atoms with van der Waals surface area (Å²) >= 11 is 0. The first-order chi connectivity index (χ1) is 8.90. The molecule has 5 heteroatoms. The molecule has 2 fully saturated rings. The molecule has 0 atom stereocenters. The van der Waals surface area contributed by atoms with Crippen molar-refractivity contribution in [3.8, 4) is 0 Å². The number of carbonyl (C=O) groups excluding carboxylic acids is 1. The monoisotopic (exact) mass is 270 g/mol. The van der Waals surface area contributed by atoms with Crippen molar-refractivity contribution in [2.24, 2.45) is 0 Å². The second kappa shape index (κ2) is 5.67. The van der Waals surface area contributed by atoms with Gasteiger partial charge in [-0.05, 0) is 40.0 Å². The molecule has 0 aromatic rings. The van der Waals surface area contributed by atoms with E-state index in [1.807, 2.05) is 25.7 Å². The van der Waals surface area contributed by atoms with Crippen LogP contribution >= 0.6 is 0 Å². The zero-order valence-electron chi connectivity index (χ0n) is 12.3. The van der Waals surface area contributed by atoms with Crippen molar-refractivity contribution in [3.63, 3.8) is 0 Å². The molecule has 1 N–H and O–H groups in total. The first-order valence-electron chi connectivity index (χ1n) is 7.21. The van der Waals surface area contributed by atoms with Gasteiger partial charge in [0.25, 0.3) is 0 Å². The third-order valence-electron chi connectivity index (χ3n) is 3.84. The van der Waals surface area contributed by atoms with Gasteiger partial charge in [-0.25, -0.2) is 4.79 Å². The summed E-state index contributed by atoms with van der Waals surface area (Å²) in [5.41, 5.74) is -0.262. The lowest BCUT2D eigenvalue weighted by atomic mass is 9.87. The number of hydrogen-bond acceptors (Lipinski definition) is 4. The summed E-state index contributed by atoms with van der Waals surface area (Å²) < 4.78 is 10.9. The van der Waals surface area contributed by atoms with Gasteiger partial charge in [0.1, 0.15) is 5.60 Å². The molecule has 1 spiro atoms. The average Bonchev–Trinajstić information content (AvgIpc) is 2.51. The van der Waals surface area contributed by atoms with Gasteiger partial charge in [0, 0.05) is 38.4 Å². The largest absolute Gasteiger partial charge is 0.444 e. The van der Waals surface area contributed by atoms with E-state index in [1.165, 1.54) is 0 Å². The Labute approximate surface area is 115 Å². The molecule has 0 saturated carbocycles. The van der Waals surface area contributed by atoms with Crippen molar-refractivity contribution >= 4 is 6.09 Å². The maximum Gasteiger partial charge on any atom is 0.410 e. The molecule has 110 valence electrons. The number of amides is 1. The molecule has 2 aliphatic rings. The lowest BCUT2D eigenvalue weighted by molar-refractivity contribution is 0.0231. The minimum Gasteiger partial charge on any atom is -0.444 e. The van der Waals surface area contributed by atoms with Crippen LogP contribution in [0.5, 0.6) is 0 Å². The summed E-state index contributed by atoms with van der Waals surface area (Å²) in [6, 6.07) is 0. The van der Waals surface area contributed by atoms with Crippen LogP contribution in [0, 0.1) is 0 Å². The summed E-state index contributed by atoms with van der Waals surface area (Å²) in [7, 11) is 0. The van der Waals surface area contributed by atoms with E-state index in [1.54, 1.807) is 0 Å². The molecular formula is C14H26N2O3. The highest BCUT2D eigenvalue weighted by Gasteiger charge is 2.35. The van der Waals surface area contributed by atoms with Crippen LogP contribution in [0.4, 0.5) is 4.79 Å². The number of carbonyl (C=O) groups is 1. The van der Waals surface area contributed by atoms with Gasteiger partial charge in [0.05, 0.1) is 0 Å². The minimum absolute atomic E-state index is 0.162. The minimum atomic E-state index is -0.423. The molecule has 5 nitrogen and oxygen atoms in total. The second-order valence-corrected chi connectivity index (χ2v) is 6.54. The predicted molar refractivity (Wildman–Crippen MR) is 73.2 cm³/mol. The quantitative estimate of drug-likeness (QED) is 0.729. The zero-order chi connectivity index (χ0) is 13.9. The van der Waals surface area contributed by atoms with Crippen LogP contribution in [-0.4, -0.2) is 55.0 Å². The highest BCUT2D eigenvalue weighted by atomic mass is 16.6. The van der Waals surface area contributed by atoms with Gasteiger partial charge in [-0.3, -0.25) is 0 Å². The second-order valence-electron chi connectivity index (χ2n) is 6.54. The SMILES string of the molecule is CC(C)(C)OC(=O)N1CCNC2(CCOCC2)CC1. The maximum absolute atomic E-state index is 12.1. The fourth-order valence-electron chi connectivity index (χ4n) is 2.70. The van der Waals surface area contributed by atoms with E-state index in [2.05, 4.69) is 5.32 Å². The fraction of sp³-hybridized carbons (Fsp3) is 0.929. The highest BCUT2D eigenvalue weighted by molar-refractivity contribution is 5.68. The molecule has 0 aliphatic carbocycles. The van der Waals surface area contributed by atoms with E-state index >= 15 is 0 Å². The molecule has 1 amide bonds. The number of rotatable bonds is 0. The van der Waals surface area contributed by atoms with Crippen molar-refractivity contribution in [2.75, 3.05) is 32.8 Å². The first kappa shape index (κ1) is 14.6. The van der Waals surface area contributed by atoms with E-state index in [9.17, 15) is 4.79 Å². The summed E-state index contributed by atoms with van der Waals surface area (Å²) in [6.07, 6.45) is 2.86. The lowest BCUT2D eigenvalue weighted by Gasteiger charge is -2.37. The van der Waals surface area contributed by atoms with Gasteiger partial charge in [-0.1, -0.05) is 0 Å². The first-order valence-corrected chi connectivity index (χ1v) is 7.21. The van der Waals surface area contributed by atoms with E-state index in [4.69, 9.17) is 9.47 Å². The molecule has 2 heterocycles. The average molecular weight is 270 g/mol. The van der Waals surface area contributed by atoms with Crippen LogP contribution in [0.3, 0.4) is 0 Å². The van der Waals surface area contributed by atoms with Gasteiger partial charge >= 0.3 is 6.09 Å². The summed E-state index contributed by atoms with van der Waals surface area (Å²) in [4.78, 5) is 13.9. The number of nitrogens with zero attached hydrogens (tertiary/aromatic N) is 1. The van der Waals surface area contributed by atoms with Gasteiger partial charge in [0.2, 0.25) is 0 Å². The maximum atomic E-state index is 12.1. The number of hydrogen-bond donors (Lipinski definition) is 1. The molecular weight excluding hydrogens is 244 g/mol. The van der Waals surface area contributed by atoms with Crippen LogP contribution < -0.4 is 5.32 Å². The Kier molecular flexibility index (Phi) is 4.36. The van der Waals surface area contributed by atoms with Crippen molar-refractivity contribution in [3.05, 3.63) is 0 Å². The van der Waals surface area contributed by atoms with E-state index in [0.29, 0.717) is 0 Å². The Hall–Kier alpha value is -0.810. The van der Waals surface area contributed by atoms with Crippen LogP contribution in [0.25, 0.3) is 0 Å². The summed E-state index contributed by atoms with van der Waals surface area (Å²) in [6.45, 7) is 9.67. The third-order valence-corrected chi connectivity index (χ3v) is 3.84. The molecule has 2 rings (SSSR count). The van der Waals surface area contributed by atoms with Crippen LogP contribution in [0.2, 0.25) is 0 Å². The molecule has 0 bridgehead atoms. The van der Waals surface area contributed by atoms with Gasteiger partial charge in [0.15, 0.2) is 0 Å². The van der Waals surface area contributed by atoms with Crippen molar-refractivity contribution in [2.45, 2.75) is 51.2 Å². The van der Waals surface area contributed by atoms with Crippen molar-refractivity contribution in [1.82, 2.24) is 10.2 Å². The fourth-order valence-corrected chi connectivity index (χ4v) is 2.70. The predicted octanol–water partition coefficient (Wildman–Crippen LogP) is 1.77. The smallest absolute Gasteiger partial charge is 0.410 e. The van der Waals surface area contributed by atoms with Crippen LogP contribution in [0.1, 0.15) is 40.0 Å². The zero-order valence-corrected chi connectivity index (χ0v) is 12.3.